The van der Waals surface area contributed by atoms with E-state index in [-0.39, 0.29) is 11.8 Å². The van der Waals surface area contributed by atoms with E-state index in [1.165, 1.54) is 10.1 Å². The summed E-state index contributed by atoms with van der Waals surface area (Å²) in [4.78, 5) is 20.3. The lowest BCUT2D eigenvalue weighted by atomic mass is 9.85. The molecule has 3 rings (SSSR count). The van der Waals surface area contributed by atoms with Gasteiger partial charge in [-0.15, -0.1) is 0 Å². The SMILES string of the molecule is [C-]#[N+]C1(Nc2ccc(CCCc3nccn3C(=O)OC(C)(C)C)cc2)CCC1. The van der Waals surface area contributed by atoms with Crippen LogP contribution in [0.2, 0.25) is 0 Å². The fourth-order valence-electron chi connectivity index (χ4n) is 3.25. The second-order valence-electron chi connectivity index (χ2n) is 8.37. The maximum Gasteiger partial charge on any atom is 0.419 e. The summed E-state index contributed by atoms with van der Waals surface area (Å²) in [6.07, 6.45) is 8.34. The molecule has 1 aromatic carbocycles. The molecule has 1 fully saturated rings. The van der Waals surface area contributed by atoms with Gasteiger partial charge in [-0.1, -0.05) is 12.1 Å². The van der Waals surface area contributed by atoms with Crippen LogP contribution in [0.3, 0.4) is 0 Å². The van der Waals surface area contributed by atoms with E-state index < -0.39 is 5.60 Å². The molecule has 1 N–H and O–H groups in total. The Kier molecular flexibility index (Phi) is 5.73. The van der Waals surface area contributed by atoms with E-state index in [9.17, 15) is 4.79 Å². The molecule has 0 amide bonds. The van der Waals surface area contributed by atoms with Crippen LogP contribution in [0.1, 0.15) is 57.8 Å². The molecule has 2 aromatic rings. The van der Waals surface area contributed by atoms with Gasteiger partial charge in [0.05, 0.1) is 0 Å². The lowest BCUT2D eigenvalue weighted by Crippen LogP contribution is -2.41. The number of anilines is 1. The molecule has 1 aliphatic carbocycles. The van der Waals surface area contributed by atoms with Crippen molar-refractivity contribution in [2.24, 2.45) is 0 Å². The quantitative estimate of drug-likeness (QED) is 0.712. The third-order valence-electron chi connectivity index (χ3n) is 4.90. The highest BCUT2D eigenvalue weighted by atomic mass is 16.6. The van der Waals surface area contributed by atoms with Crippen molar-refractivity contribution in [1.29, 1.82) is 0 Å². The number of nitrogens with zero attached hydrogens (tertiary/aromatic N) is 3. The van der Waals surface area contributed by atoms with Crippen molar-refractivity contribution in [3.8, 4) is 0 Å². The van der Waals surface area contributed by atoms with E-state index >= 15 is 0 Å². The van der Waals surface area contributed by atoms with Crippen LogP contribution in [0.15, 0.2) is 36.7 Å². The van der Waals surface area contributed by atoms with Gasteiger partial charge in [0.15, 0.2) is 0 Å². The number of rotatable bonds is 6. The van der Waals surface area contributed by atoms with Crippen LogP contribution >= 0.6 is 0 Å². The first-order valence-electron chi connectivity index (χ1n) is 9.82. The van der Waals surface area contributed by atoms with E-state index in [1.807, 2.05) is 32.9 Å². The third kappa shape index (κ3) is 4.92. The molecule has 1 heterocycles. The first-order valence-corrected chi connectivity index (χ1v) is 9.82. The minimum absolute atomic E-state index is 0.389. The summed E-state index contributed by atoms with van der Waals surface area (Å²) in [5.74, 6) is 0.719. The Balaban J connectivity index is 1.51. The number of aromatic nitrogens is 2. The van der Waals surface area contributed by atoms with Crippen molar-refractivity contribution < 1.29 is 9.53 Å². The van der Waals surface area contributed by atoms with Gasteiger partial charge in [0.2, 0.25) is 0 Å². The molecule has 0 atom stereocenters. The highest BCUT2D eigenvalue weighted by Gasteiger charge is 2.43. The van der Waals surface area contributed by atoms with Crippen molar-refractivity contribution in [3.63, 3.8) is 0 Å². The largest absolute Gasteiger partial charge is 0.443 e. The number of hydrogen-bond donors (Lipinski definition) is 1. The monoisotopic (exact) mass is 380 g/mol. The molecule has 0 radical (unpaired) electrons. The first-order chi connectivity index (χ1) is 13.3. The van der Waals surface area contributed by atoms with Crippen molar-refractivity contribution in [2.45, 2.75) is 70.6 Å². The molecule has 0 bridgehead atoms. The van der Waals surface area contributed by atoms with Crippen molar-refractivity contribution in [1.82, 2.24) is 9.55 Å². The van der Waals surface area contributed by atoms with Gasteiger partial charge in [-0.25, -0.2) is 20.9 Å². The number of hydrogen-bond acceptors (Lipinski definition) is 4. The van der Waals surface area contributed by atoms with Gasteiger partial charge in [-0.05, 0) is 57.7 Å². The van der Waals surface area contributed by atoms with E-state index in [4.69, 9.17) is 11.3 Å². The fourth-order valence-corrected chi connectivity index (χ4v) is 3.25. The molecule has 6 heteroatoms. The molecule has 6 nitrogen and oxygen atoms in total. The maximum absolute atomic E-state index is 12.3. The van der Waals surface area contributed by atoms with Crippen LogP contribution in [0.4, 0.5) is 10.5 Å². The highest BCUT2D eigenvalue weighted by Crippen LogP contribution is 2.36. The van der Waals surface area contributed by atoms with Gasteiger partial charge >= 0.3 is 11.8 Å². The zero-order chi connectivity index (χ0) is 20.2. The minimum atomic E-state index is -0.528. The molecule has 0 spiro atoms. The van der Waals surface area contributed by atoms with Gasteiger partial charge in [-0.3, -0.25) is 4.85 Å². The fraction of sp³-hybridized carbons (Fsp3) is 0.500. The number of carbonyl (C=O) groups excluding carboxylic acids is 1. The predicted molar refractivity (Wildman–Crippen MR) is 109 cm³/mol. The van der Waals surface area contributed by atoms with Crippen molar-refractivity contribution >= 4 is 11.8 Å². The summed E-state index contributed by atoms with van der Waals surface area (Å²) in [6.45, 7) is 12.9. The molecular weight excluding hydrogens is 352 g/mol. The lowest BCUT2D eigenvalue weighted by molar-refractivity contribution is 0.0531. The average Bonchev–Trinajstić information content (AvgIpc) is 3.07. The number of imidazole rings is 1. The second-order valence-corrected chi connectivity index (χ2v) is 8.37. The first kappa shape index (κ1) is 19.9. The highest BCUT2D eigenvalue weighted by molar-refractivity contribution is 5.71. The standard InChI is InChI=1S/C22H28N4O2/c1-21(2,3)28-20(27)26-16-15-24-19(26)8-5-7-17-9-11-18(12-10-17)25-22(23-4)13-6-14-22/h9-12,15-16,25H,5-8,13-14H2,1-3H3. The van der Waals surface area contributed by atoms with Crippen LogP contribution in [-0.4, -0.2) is 26.9 Å². The lowest BCUT2D eigenvalue weighted by Gasteiger charge is -2.31. The van der Waals surface area contributed by atoms with Crippen molar-refractivity contribution in [2.75, 3.05) is 5.32 Å². The van der Waals surface area contributed by atoms with Gasteiger partial charge in [0.1, 0.15) is 11.4 Å². The zero-order valence-electron chi connectivity index (χ0n) is 16.9. The van der Waals surface area contributed by atoms with Crippen LogP contribution in [0.5, 0.6) is 0 Å². The molecule has 1 aliphatic rings. The number of benzene rings is 1. The molecular formula is C22H28N4O2. The summed E-state index contributed by atoms with van der Waals surface area (Å²) >= 11 is 0. The topological polar surface area (TPSA) is 60.5 Å². The number of carbonyl (C=O) groups is 1. The Hall–Kier alpha value is -2.81. The van der Waals surface area contributed by atoms with E-state index in [0.717, 1.165) is 43.6 Å². The summed E-state index contributed by atoms with van der Waals surface area (Å²) in [5, 5.41) is 3.37. The molecule has 1 saturated carbocycles. The Bertz CT molecular complexity index is 852. The van der Waals surface area contributed by atoms with Crippen LogP contribution < -0.4 is 5.32 Å². The van der Waals surface area contributed by atoms with E-state index in [2.05, 4.69) is 27.3 Å². The van der Waals surface area contributed by atoms with Crippen LogP contribution in [-0.2, 0) is 17.6 Å². The van der Waals surface area contributed by atoms with Gasteiger partial charge in [-0.2, -0.15) is 0 Å². The van der Waals surface area contributed by atoms with Crippen molar-refractivity contribution in [3.05, 3.63) is 59.5 Å². The van der Waals surface area contributed by atoms with Crippen LogP contribution in [0.25, 0.3) is 4.85 Å². The summed E-state index contributed by atoms with van der Waals surface area (Å²) in [7, 11) is 0. The zero-order valence-corrected chi connectivity index (χ0v) is 16.9. The smallest absolute Gasteiger partial charge is 0.419 e. The summed E-state index contributed by atoms with van der Waals surface area (Å²) in [6, 6.07) is 8.28. The number of ether oxygens (including phenoxy) is 1. The van der Waals surface area contributed by atoms with Crippen LogP contribution in [0, 0.1) is 6.57 Å². The number of aryl methyl sites for hydroxylation is 2. The van der Waals surface area contributed by atoms with Gasteiger partial charge in [0.25, 0.3) is 0 Å². The maximum atomic E-state index is 12.3. The Morgan fingerprint density at radius 1 is 1.29 bits per heavy atom. The Morgan fingerprint density at radius 3 is 2.57 bits per heavy atom. The van der Waals surface area contributed by atoms with E-state index in [0.29, 0.717) is 6.42 Å². The summed E-state index contributed by atoms with van der Waals surface area (Å²) in [5.41, 5.74) is 1.31. The third-order valence-corrected chi connectivity index (χ3v) is 4.90. The molecule has 0 saturated heterocycles. The molecule has 1 aromatic heterocycles. The second kappa shape index (κ2) is 8.05. The van der Waals surface area contributed by atoms with E-state index in [1.54, 1.807) is 12.4 Å². The summed E-state index contributed by atoms with van der Waals surface area (Å²) < 4.78 is 6.91. The Morgan fingerprint density at radius 2 is 2.00 bits per heavy atom. The Labute approximate surface area is 166 Å². The average molecular weight is 380 g/mol. The molecule has 148 valence electrons. The molecule has 0 unspecified atom stereocenters. The predicted octanol–water partition coefficient (Wildman–Crippen LogP) is 5.05. The van der Waals surface area contributed by atoms with Gasteiger partial charge < -0.3 is 10.1 Å². The normalized spacial score (nSPS) is 15.4. The minimum Gasteiger partial charge on any atom is -0.443 e. The van der Waals surface area contributed by atoms with Gasteiger partial charge in [0, 0.05) is 37.3 Å². The molecule has 28 heavy (non-hydrogen) atoms. The number of nitrogens with one attached hydrogen (secondary N) is 1. The molecule has 0 aliphatic heterocycles.